The summed E-state index contributed by atoms with van der Waals surface area (Å²) in [5, 5.41) is 0. The number of carbonyl (C=O) groups excluding carboxylic acids is 3. The first-order chi connectivity index (χ1) is 31.0. The quantitative estimate of drug-likeness (QED) is 0.0199. The first-order valence-electron chi connectivity index (χ1n) is 26.8. The molecule has 0 amide bonds. The lowest BCUT2D eigenvalue weighted by atomic mass is 10.1. The van der Waals surface area contributed by atoms with Gasteiger partial charge in [-0.05, 0) is 96.3 Å². The summed E-state index contributed by atoms with van der Waals surface area (Å²) in [5.41, 5.74) is 0. The van der Waals surface area contributed by atoms with Gasteiger partial charge in [0, 0.05) is 19.3 Å². The highest BCUT2D eigenvalue weighted by atomic mass is 16.6. The lowest BCUT2D eigenvalue weighted by Gasteiger charge is -2.18. The third kappa shape index (κ3) is 50.0. The maximum Gasteiger partial charge on any atom is 0.306 e. The minimum atomic E-state index is -0.795. The summed E-state index contributed by atoms with van der Waals surface area (Å²) >= 11 is 0. The molecule has 63 heavy (non-hydrogen) atoms. The van der Waals surface area contributed by atoms with E-state index >= 15 is 0 Å². The van der Waals surface area contributed by atoms with Crippen LogP contribution in [0.15, 0.2) is 60.8 Å². The third-order valence-electron chi connectivity index (χ3n) is 11.5. The molecule has 364 valence electrons. The van der Waals surface area contributed by atoms with Crippen molar-refractivity contribution in [3.05, 3.63) is 60.8 Å². The van der Waals surface area contributed by atoms with Crippen LogP contribution in [0.25, 0.3) is 0 Å². The predicted molar refractivity (Wildman–Crippen MR) is 270 cm³/mol. The molecule has 0 bridgehead atoms. The number of carbonyl (C=O) groups is 3. The minimum absolute atomic E-state index is 0.0945. The van der Waals surface area contributed by atoms with E-state index in [2.05, 4.69) is 81.5 Å². The molecule has 6 heteroatoms. The Morgan fingerprint density at radius 3 is 0.937 bits per heavy atom. The van der Waals surface area contributed by atoms with Crippen LogP contribution in [0.1, 0.15) is 265 Å². The SMILES string of the molecule is CCCCCCC\C=C/C=C\C=C/CCCCCCCC(=O)OCC(COC(=O)CCCCC/C=C\CCCCCCCC)OC(=O)CCCCC/C=C\CCCCCCCCC. The summed E-state index contributed by atoms with van der Waals surface area (Å²) in [6.07, 6.45) is 63.4. The van der Waals surface area contributed by atoms with Crippen LogP contribution in [0.2, 0.25) is 0 Å². The van der Waals surface area contributed by atoms with E-state index in [4.69, 9.17) is 14.2 Å². The molecule has 0 fully saturated rings. The molecule has 0 N–H and O–H groups in total. The molecule has 0 aliphatic rings. The average molecular weight is 881 g/mol. The first-order valence-corrected chi connectivity index (χ1v) is 26.8. The van der Waals surface area contributed by atoms with Gasteiger partial charge < -0.3 is 14.2 Å². The molecule has 0 saturated carbocycles. The smallest absolute Gasteiger partial charge is 0.306 e. The van der Waals surface area contributed by atoms with Crippen molar-refractivity contribution in [3.8, 4) is 0 Å². The number of allylic oxidation sites excluding steroid dienone is 10. The number of ether oxygens (including phenoxy) is 3. The van der Waals surface area contributed by atoms with Crippen LogP contribution in [-0.2, 0) is 28.6 Å². The second-order valence-corrected chi connectivity index (χ2v) is 17.8. The van der Waals surface area contributed by atoms with Gasteiger partial charge >= 0.3 is 17.9 Å². The zero-order chi connectivity index (χ0) is 45.8. The number of hydrogen-bond acceptors (Lipinski definition) is 6. The van der Waals surface area contributed by atoms with Gasteiger partial charge in [0.1, 0.15) is 13.2 Å². The number of unbranched alkanes of at least 4 members (excludes halogenated alkanes) is 29. The highest BCUT2D eigenvalue weighted by Crippen LogP contribution is 2.14. The van der Waals surface area contributed by atoms with Gasteiger partial charge in [-0.2, -0.15) is 0 Å². The second kappa shape index (κ2) is 51.7. The summed E-state index contributed by atoms with van der Waals surface area (Å²) in [6, 6.07) is 0. The zero-order valence-electron chi connectivity index (χ0n) is 41.6. The van der Waals surface area contributed by atoms with Crippen LogP contribution in [0.5, 0.6) is 0 Å². The van der Waals surface area contributed by atoms with Crippen LogP contribution >= 0.6 is 0 Å². The fourth-order valence-electron chi connectivity index (χ4n) is 7.43. The summed E-state index contributed by atoms with van der Waals surface area (Å²) in [6.45, 7) is 6.57. The summed E-state index contributed by atoms with van der Waals surface area (Å²) in [4.78, 5) is 38.0. The normalized spacial score (nSPS) is 12.5. The molecule has 1 unspecified atom stereocenters. The standard InChI is InChI=1S/C57H100O6/c1-4-7-10-13-16-19-22-25-27-28-29-30-33-35-38-41-44-47-50-56(59)62-53-54(52-61-55(58)49-46-43-40-37-34-31-24-21-18-15-12-9-6-3)63-57(60)51-48-45-42-39-36-32-26-23-20-17-14-11-8-5-2/h22,25,27-32,34,36,54H,4-21,23-24,26,33,35,37-53H2,1-3H3/b25-22-,28-27-,30-29-,34-31-,36-32-. The maximum absolute atomic E-state index is 12.8. The van der Waals surface area contributed by atoms with Crippen LogP contribution in [0, 0.1) is 0 Å². The molecule has 0 aromatic carbocycles. The fraction of sp³-hybridized carbons (Fsp3) is 0.772. The van der Waals surface area contributed by atoms with Crippen molar-refractivity contribution in [1.29, 1.82) is 0 Å². The molecule has 0 radical (unpaired) electrons. The van der Waals surface area contributed by atoms with Gasteiger partial charge in [-0.1, -0.05) is 210 Å². The Labute approximate surface area is 390 Å². The van der Waals surface area contributed by atoms with Gasteiger partial charge in [0.2, 0.25) is 0 Å². The lowest BCUT2D eigenvalue weighted by Crippen LogP contribution is -2.30. The monoisotopic (exact) mass is 881 g/mol. The van der Waals surface area contributed by atoms with Crippen LogP contribution < -0.4 is 0 Å². The van der Waals surface area contributed by atoms with E-state index in [0.29, 0.717) is 19.3 Å². The van der Waals surface area contributed by atoms with E-state index in [1.165, 1.54) is 122 Å². The molecule has 1 atom stereocenters. The summed E-state index contributed by atoms with van der Waals surface area (Å²) in [7, 11) is 0. The van der Waals surface area contributed by atoms with Crippen LogP contribution in [-0.4, -0.2) is 37.2 Å². The van der Waals surface area contributed by atoms with Crippen molar-refractivity contribution in [3.63, 3.8) is 0 Å². The molecular weight excluding hydrogens is 781 g/mol. The molecule has 0 aromatic heterocycles. The predicted octanol–water partition coefficient (Wildman–Crippen LogP) is 17.6. The summed E-state index contributed by atoms with van der Waals surface area (Å²) in [5.74, 6) is -0.940. The van der Waals surface area contributed by atoms with Crippen molar-refractivity contribution in [2.45, 2.75) is 271 Å². The molecule has 0 rings (SSSR count). The largest absolute Gasteiger partial charge is 0.462 e. The van der Waals surface area contributed by atoms with E-state index in [1.807, 2.05) is 0 Å². The van der Waals surface area contributed by atoms with Crippen molar-refractivity contribution in [2.24, 2.45) is 0 Å². The number of rotatable bonds is 48. The maximum atomic E-state index is 12.8. The van der Waals surface area contributed by atoms with Gasteiger partial charge in [-0.15, -0.1) is 0 Å². The van der Waals surface area contributed by atoms with Gasteiger partial charge in [0.15, 0.2) is 6.10 Å². The van der Waals surface area contributed by atoms with Crippen molar-refractivity contribution >= 4 is 17.9 Å². The minimum Gasteiger partial charge on any atom is -0.462 e. The van der Waals surface area contributed by atoms with E-state index in [1.54, 1.807) is 0 Å². The Bertz CT molecular complexity index is 1150. The van der Waals surface area contributed by atoms with Gasteiger partial charge in [-0.3, -0.25) is 14.4 Å². The molecule has 0 aromatic rings. The Morgan fingerprint density at radius 1 is 0.317 bits per heavy atom. The summed E-state index contributed by atoms with van der Waals surface area (Å²) < 4.78 is 16.8. The molecule has 0 aliphatic heterocycles. The van der Waals surface area contributed by atoms with Crippen LogP contribution in [0.3, 0.4) is 0 Å². The topological polar surface area (TPSA) is 78.9 Å². The average Bonchev–Trinajstić information content (AvgIpc) is 3.28. The van der Waals surface area contributed by atoms with Gasteiger partial charge in [-0.25, -0.2) is 0 Å². The molecule has 0 saturated heterocycles. The van der Waals surface area contributed by atoms with Gasteiger partial charge in [0.25, 0.3) is 0 Å². The zero-order valence-corrected chi connectivity index (χ0v) is 41.6. The Hall–Kier alpha value is -2.89. The highest BCUT2D eigenvalue weighted by Gasteiger charge is 2.19. The molecule has 0 aliphatic carbocycles. The lowest BCUT2D eigenvalue weighted by molar-refractivity contribution is -0.167. The van der Waals surface area contributed by atoms with E-state index in [-0.39, 0.29) is 31.1 Å². The fourth-order valence-corrected chi connectivity index (χ4v) is 7.43. The van der Waals surface area contributed by atoms with E-state index < -0.39 is 6.10 Å². The Morgan fingerprint density at radius 2 is 0.587 bits per heavy atom. The second-order valence-electron chi connectivity index (χ2n) is 17.8. The van der Waals surface area contributed by atoms with E-state index in [0.717, 1.165) is 103 Å². The molecule has 0 heterocycles. The third-order valence-corrected chi connectivity index (χ3v) is 11.5. The first kappa shape index (κ1) is 60.1. The molecule has 0 spiro atoms. The Kier molecular flexibility index (Phi) is 49.4. The van der Waals surface area contributed by atoms with E-state index in [9.17, 15) is 14.4 Å². The highest BCUT2D eigenvalue weighted by molar-refractivity contribution is 5.71. The van der Waals surface area contributed by atoms with Crippen LogP contribution in [0.4, 0.5) is 0 Å². The number of esters is 3. The van der Waals surface area contributed by atoms with Gasteiger partial charge in [0.05, 0.1) is 0 Å². The molecule has 6 nitrogen and oxygen atoms in total. The van der Waals surface area contributed by atoms with Crippen molar-refractivity contribution in [1.82, 2.24) is 0 Å². The Balaban J connectivity index is 4.44. The van der Waals surface area contributed by atoms with Crippen molar-refractivity contribution < 1.29 is 28.6 Å². The molecular formula is C57H100O6. The number of hydrogen-bond donors (Lipinski definition) is 0. The van der Waals surface area contributed by atoms with Crippen molar-refractivity contribution in [2.75, 3.05) is 13.2 Å².